The lowest BCUT2D eigenvalue weighted by Gasteiger charge is -2.28. The Labute approximate surface area is 166 Å². The van der Waals surface area contributed by atoms with Gasteiger partial charge in [-0.25, -0.2) is 16.1 Å². The first kappa shape index (κ1) is 18.6. The topological polar surface area (TPSA) is 124 Å². The van der Waals surface area contributed by atoms with Crippen LogP contribution < -0.4 is 21.1 Å². The Morgan fingerprint density at radius 2 is 2.24 bits per heavy atom. The molecule has 0 atom stereocenters. The van der Waals surface area contributed by atoms with Gasteiger partial charge in [0.05, 0.1) is 6.20 Å². The number of aromatic nitrogens is 4. The van der Waals surface area contributed by atoms with Gasteiger partial charge in [0.2, 0.25) is 0 Å². The minimum atomic E-state index is -0.838. The molecule has 10 nitrogen and oxygen atoms in total. The molecule has 4 rings (SSSR count). The normalized spacial score (nSPS) is 14.2. The molecule has 0 aromatic carbocycles. The lowest BCUT2D eigenvalue weighted by molar-refractivity contribution is 0.102. The van der Waals surface area contributed by atoms with Crippen LogP contribution in [0.15, 0.2) is 30.7 Å². The Bertz CT molecular complexity index is 1130. The fraction of sp³-hybridized carbons (Fsp3) is 0.316. The van der Waals surface area contributed by atoms with Gasteiger partial charge in [-0.15, -0.1) is 5.10 Å². The van der Waals surface area contributed by atoms with Crippen LogP contribution in [0.5, 0.6) is 5.75 Å². The molecule has 0 bridgehead atoms. The van der Waals surface area contributed by atoms with Crippen molar-refractivity contribution in [1.29, 1.82) is 0 Å². The number of anilines is 2. The second kappa shape index (κ2) is 7.03. The predicted molar refractivity (Wildman–Crippen MR) is 107 cm³/mol. The number of hydrogen-bond acceptors (Lipinski definition) is 7. The van der Waals surface area contributed by atoms with Crippen LogP contribution in [-0.4, -0.2) is 44.7 Å². The number of ether oxygens (including phenoxy) is 1. The first-order chi connectivity index (χ1) is 13.9. The zero-order valence-electron chi connectivity index (χ0n) is 16.0. The lowest BCUT2D eigenvalue weighted by atomic mass is 10.0. The summed E-state index contributed by atoms with van der Waals surface area (Å²) in [6.45, 7) is 12.4. The molecule has 1 aliphatic rings. The summed E-state index contributed by atoms with van der Waals surface area (Å²) in [5.41, 5.74) is 6.53. The maximum Gasteiger partial charge on any atom is 0.268 e. The number of carbonyl (C=O) groups is 1. The number of pyridine rings is 1. The molecule has 0 aliphatic carbocycles. The van der Waals surface area contributed by atoms with E-state index in [1.165, 1.54) is 10.7 Å². The maximum absolute atomic E-state index is 13.0. The van der Waals surface area contributed by atoms with Crippen molar-refractivity contribution in [3.8, 4) is 5.75 Å². The molecule has 1 aliphatic heterocycles. The SMILES string of the molecule is [C-]#[N+]C(C)(C)c1ccn2nc(N)c(C(=O)Nc3cnccc3OC3CNC3)c2n1. The van der Waals surface area contributed by atoms with Crippen molar-refractivity contribution in [3.05, 3.63) is 53.4 Å². The average molecular weight is 392 g/mol. The van der Waals surface area contributed by atoms with Crippen molar-refractivity contribution < 1.29 is 9.53 Å². The van der Waals surface area contributed by atoms with E-state index in [9.17, 15) is 4.79 Å². The number of hydrogen-bond donors (Lipinski definition) is 3. The van der Waals surface area contributed by atoms with Gasteiger partial charge in [0.15, 0.2) is 11.5 Å². The van der Waals surface area contributed by atoms with Crippen molar-refractivity contribution >= 4 is 23.1 Å². The number of nitrogens with one attached hydrogen (secondary N) is 2. The molecule has 1 saturated heterocycles. The molecule has 4 heterocycles. The molecule has 3 aromatic rings. The third-order valence-electron chi connectivity index (χ3n) is 4.71. The Hall–Kier alpha value is -3.71. The second-order valence-corrected chi connectivity index (χ2v) is 7.24. The lowest BCUT2D eigenvalue weighted by Crippen LogP contribution is -2.50. The quantitative estimate of drug-likeness (QED) is 0.562. The van der Waals surface area contributed by atoms with Gasteiger partial charge in [-0.3, -0.25) is 9.78 Å². The summed E-state index contributed by atoms with van der Waals surface area (Å²) in [6, 6.07) is 3.39. The summed E-state index contributed by atoms with van der Waals surface area (Å²) < 4.78 is 7.30. The van der Waals surface area contributed by atoms with E-state index in [0.29, 0.717) is 17.1 Å². The third-order valence-corrected chi connectivity index (χ3v) is 4.71. The van der Waals surface area contributed by atoms with Crippen LogP contribution in [0.3, 0.4) is 0 Å². The van der Waals surface area contributed by atoms with Gasteiger partial charge in [-0.1, -0.05) is 0 Å². The molecule has 3 aromatic heterocycles. The molecule has 0 radical (unpaired) electrons. The number of nitrogen functional groups attached to an aromatic ring is 1. The van der Waals surface area contributed by atoms with Crippen LogP contribution in [0.2, 0.25) is 0 Å². The van der Waals surface area contributed by atoms with E-state index in [1.54, 1.807) is 38.4 Å². The number of nitrogens with zero attached hydrogens (tertiary/aromatic N) is 5. The Kier molecular flexibility index (Phi) is 4.52. The molecular formula is C19H20N8O2. The van der Waals surface area contributed by atoms with Crippen molar-refractivity contribution in [2.75, 3.05) is 24.1 Å². The van der Waals surface area contributed by atoms with Gasteiger partial charge in [-0.05, 0) is 6.07 Å². The van der Waals surface area contributed by atoms with Gasteiger partial charge >= 0.3 is 0 Å². The van der Waals surface area contributed by atoms with Gasteiger partial charge in [-0.2, -0.15) is 0 Å². The summed E-state index contributed by atoms with van der Waals surface area (Å²) in [7, 11) is 0. The number of amides is 1. The molecule has 1 amide bonds. The standard InChI is InChI=1S/C19H20N8O2/c1-19(2,21-3)14-5-7-27-17(25-14)15(16(20)26-27)18(28)24-12-10-22-6-4-13(12)29-11-8-23-9-11/h4-7,10-11,23H,8-9H2,1-2H3,(H2,20,26)(H,24,28). The molecule has 0 saturated carbocycles. The average Bonchev–Trinajstić information content (AvgIpc) is 3.00. The zero-order chi connectivity index (χ0) is 20.6. The van der Waals surface area contributed by atoms with E-state index in [-0.39, 0.29) is 23.1 Å². The van der Waals surface area contributed by atoms with E-state index < -0.39 is 11.4 Å². The van der Waals surface area contributed by atoms with Gasteiger partial charge in [0, 0.05) is 45.4 Å². The number of rotatable bonds is 5. The van der Waals surface area contributed by atoms with Crippen LogP contribution in [0.4, 0.5) is 11.5 Å². The largest absolute Gasteiger partial charge is 0.485 e. The molecule has 0 unspecified atom stereocenters. The Morgan fingerprint density at radius 1 is 1.45 bits per heavy atom. The van der Waals surface area contributed by atoms with Crippen molar-refractivity contribution in [3.63, 3.8) is 0 Å². The highest BCUT2D eigenvalue weighted by molar-refractivity contribution is 6.12. The minimum absolute atomic E-state index is 0.0438. The summed E-state index contributed by atoms with van der Waals surface area (Å²) in [5.74, 6) is 0.0901. The Balaban J connectivity index is 1.68. The van der Waals surface area contributed by atoms with Crippen LogP contribution in [-0.2, 0) is 5.54 Å². The van der Waals surface area contributed by atoms with Crippen LogP contribution in [0, 0.1) is 6.57 Å². The van der Waals surface area contributed by atoms with Crippen molar-refractivity contribution in [2.24, 2.45) is 0 Å². The van der Waals surface area contributed by atoms with Crippen molar-refractivity contribution in [2.45, 2.75) is 25.5 Å². The monoisotopic (exact) mass is 392 g/mol. The van der Waals surface area contributed by atoms with Crippen molar-refractivity contribution in [1.82, 2.24) is 24.9 Å². The number of fused-ring (bicyclic) bond motifs is 1. The number of carbonyl (C=O) groups excluding carboxylic acids is 1. The third kappa shape index (κ3) is 3.43. The summed E-state index contributed by atoms with van der Waals surface area (Å²) in [4.78, 5) is 25.2. The summed E-state index contributed by atoms with van der Waals surface area (Å²) >= 11 is 0. The molecule has 29 heavy (non-hydrogen) atoms. The fourth-order valence-electron chi connectivity index (χ4n) is 2.85. The van der Waals surface area contributed by atoms with Crippen LogP contribution >= 0.6 is 0 Å². The van der Waals surface area contributed by atoms with Crippen LogP contribution in [0.25, 0.3) is 10.5 Å². The Morgan fingerprint density at radius 3 is 2.93 bits per heavy atom. The second-order valence-electron chi connectivity index (χ2n) is 7.24. The summed E-state index contributed by atoms with van der Waals surface area (Å²) in [5, 5.41) is 10.1. The van der Waals surface area contributed by atoms with Crippen LogP contribution in [0.1, 0.15) is 29.9 Å². The van der Waals surface area contributed by atoms with Gasteiger partial charge < -0.3 is 25.9 Å². The highest BCUT2D eigenvalue weighted by atomic mass is 16.5. The van der Waals surface area contributed by atoms with E-state index in [4.69, 9.17) is 17.0 Å². The molecule has 148 valence electrons. The van der Waals surface area contributed by atoms with E-state index >= 15 is 0 Å². The minimum Gasteiger partial charge on any atom is -0.485 e. The van der Waals surface area contributed by atoms with Gasteiger partial charge in [0.25, 0.3) is 11.4 Å². The van der Waals surface area contributed by atoms with E-state index in [0.717, 1.165) is 13.1 Å². The zero-order valence-corrected chi connectivity index (χ0v) is 16.0. The number of nitrogens with two attached hydrogens (primary N) is 1. The molecule has 10 heteroatoms. The molecule has 4 N–H and O–H groups in total. The van der Waals surface area contributed by atoms with Gasteiger partial charge in [0.1, 0.15) is 28.8 Å². The smallest absolute Gasteiger partial charge is 0.268 e. The molecule has 0 spiro atoms. The van der Waals surface area contributed by atoms with E-state index in [1.807, 2.05) is 0 Å². The highest BCUT2D eigenvalue weighted by Gasteiger charge is 2.30. The molecular weight excluding hydrogens is 372 g/mol. The first-order valence-electron chi connectivity index (χ1n) is 9.06. The van der Waals surface area contributed by atoms with E-state index in [2.05, 4.69) is 30.5 Å². The first-order valence-corrected chi connectivity index (χ1v) is 9.06. The summed E-state index contributed by atoms with van der Waals surface area (Å²) in [6.07, 6.45) is 4.80. The maximum atomic E-state index is 13.0. The fourth-order valence-corrected chi connectivity index (χ4v) is 2.85. The predicted octanol–water partition coefficient (Wildman–Crippen LogP) is 1.46. The highest BCUT2D eigenvalue weighted by Crippen LogP contribution is 2.28. The molecule has 1 fully saturated rings.